The van der Waals surface area contributed by atoms with Crippen molar-refractivity contribution in [2.24, 2.45) is 0 Å². The molecule has 0 unspecified atom stereocenters. The van der Waals surface area contributed by atoms with E-state index in [1.54, 1.807) is 12.1 Å². The molecular formula is C7H8S. The van der Waals surface area contributed by atoms with E-state index in [0.717, 1.165) is 4.90 Å². The van der Waals surface area contributed by atoms with Gasteiger partial charge in [0.05, 0.1) is 4.11 Å². The molecule has 0 saturated carbocycles. The van der Waals surface area contributed by atoms with Gasteiger partial charge in [0, 0.05) is 4.90 Å². The third-order valence-electron chi connectivity index (χ3n) is 0.796. The summed E-state index contributed by atoms with van der Waals surface area (Å²) in [4.78, 5) is 0.756. The largest absolute Gasteiger partial charge is 0.130 e. The molecule has 0 nitrogen and oxygen atoms in total. The quantitative estimate of drug-likeness (QED) is 0.522. The van der Waals surface area contributed by atoms with Gasteiger partial charge in [-0.3, -0.25) is 0 Å². The van der Waals surface area contributed by atoms with Gasteiger partial charge in [-0.2, -0.15) is 0 Å². The van der Waals surface area contributed by atoms with Crippen molar-refractivity contribution in [2.75, 3.05) is 6.26 Å². The Labute approximate surface area is 58.1 Å². The maximum Gasteiger partial charge on any atom is 0.0635 e. The third kappa shape index (κ3) is 1.27. The molecule has 0 aliphatic heterocycles. The topological polar surface area (TPSA) is 0 Å². The van der Waals surface area contributed by atoms with Crippen LogP contribution in [0.3, 0.4) is 0 Å². The van der Waals surface area contributed by atoms with Crippen LogP contribution in [0.2, 0.25) is 0 Å². The Kier molecular flexibility index (Phi) is 1.01. The minimum absolute atomic E-state index is 0.0110. The SMILES string of the molecule is [2H]c1ccc(SC)c([2H])c1[2H]. The molecule has 1 aromatic carbocycles. The highest BCUT2D eigenvalue weighted by Gasteiger charge is 1.80. The first-order valence-electron chi connectivity index (χ1n) is 3.77. The third-order valence-corrected chi connectivity index (χ3v) is 1.47. The second-order valence-electron chi connectivity index (χ2n) is 1.30. The van der Waals surface area contributed by atoms with E-state index in [-0.39, 0.29) is 18.1 Å². The number of rotatable bonds is 1. The second-order valence-corrected chi connectivity index (χ2v) is 2.14. The lowest BCUT2D eigenvalue weighted by Crippen LogP contribution is -1.62. The fourth-order valence-corrected chi connectivity index (χ4v) is 0.775. The summed E-state index contributed by atoms with van der Waals surface area (Å²) in [5, 5.41) is 0. The molecule has 0 atom stereocenters. The van der Waals surface area contributed by atoms with Crippen LogP contribution in [-0.2, 0) is 0 Å². The van der Waals surface area contributed by atoms with Crippen LogP contribution in [0.15, 0.2) is 35.2 Å². The average molecular weight is 127 g/mol. The number of benzene rings is 1. The highest BCUT2D eigenvalue weighted by molar-refractivity contribution is 7.98. The Morgan fingerprint density at radius 2 is 2.50 bits per heavy atom. The molecule has 1 aromatic rings. The molecule has 0 fully saturated rings. The zero-order chi connectivity index (χ0) is 8.43. The van der Waals surface area contributed by atoms with Crippen LogP contribution in [0, 0.1) is 0 Å². The summed E-state index contributed by atoms with van der Waals surface area (Å²) in [6.45, 7) is 0. The Balaban J connectivity index is 3.25. The molecule has 0 radical (unpaired) electrons. The summed E-state index contributed by atoms with van der Waals surface area (Å²) < 4.78 is 21.9. The molecule has 0 heterocycles. The molecule has 1 rings (SSSR count). The van der Waals surface area contributed by atoms with Crippen molar-refractivity contribution in [3.05, 3.63) is 30.3 Å². The fourth-order valence-electron chi connectivity index (χ4n) is 0.417. The molecule has 0 aliphatic carbocycles. The van der Waals surface area contributed by atoms with Crippen molar-refractivity contribution < 1.29 is 4.11 Å². The molecule has 42 valence electrons. The Morgan fingerprint density at radius 1 is 1.62 bits per heavy atom. The van der Waals surface area contributed by atoms with Gasteiger partial charge in [0.15, 0.2) is 0 Å². The van der Waals surface area contributed by atoms with Crippen LogP contribution >= 0.6 is 11.8 Å². The standard InChI is InChI=1S/C7H8S/c1-8-7-5-3-2-4-6-7/h2-6H,1H3/i2D,3D,5D. The molecule has 1 heteroatoms. The van der Waals surface area contributed by atoms with Gasteiger partial charge in [-0.25, -0.2) is 0 Å². The van der Waals surface area contributed by atoms with Crippen molar-refractivity contribution in [2.45, 2.75) is 4.90 Å². The van der Waals surface area contributed by atoms with Crippen LogP contribution in [0.25, 0.3) is 0 Å². The Bertz CT molecular complexity index is 273. The van der Waals surface area contributed by atoms with E-state index in [9.17, 15) is 0 Å². The second kappa shape index (κ2) is 2.78. The van der Waals surface area contributed by atoms with Gasteiger partial charge in [-0.05, 0) is 18.4 Å². The number of hydrogen-bond donors (Lipinski definition) is 0. The first-order valence-corrected chi connectivity index (χ1v) is 3.50. The predicted molar refractivity (Wildman–Crippen MR) is 38.2 cm³/mol. The predicted octanol–water partition coefficient (Wildman–Crippen LogP) is 2.41. The van der Waals surface area contributed by atoms with Gasteiger partial charge in [0.1, 0.15) is 0 Å². The maximum absolute atomic E-state index is 7.41. The van der Waals surface area contributed by atoms with E-state index in [0.29, 0.717) is 0 Å². The number of thioether (sulfide) groups is 1. The van der Waals surface area contributed by atoms with E-state index >= 15 is 0 Å². The zero-order valence-electron chi connectivity index (χ0n) is 7.56. The fraction of sp³-hybridized carbons (Fsp3) is 0.143. The maximum atomic E-state index is 7.41. The first-order chi connectivity index (χ1) is 5.16. The van der Waals surface area contributed by atoms with E-state index in [1.807, 2.05) is 6.26 Å². The Hall–Kier alpha value is -0.430. The van der Waals surface area contributed by atoms with Gasteiger partial charge < -0.3 is 0 Å². The lowest BCUT2D eigenvalue weighted by Gasteiger charge is -1.89. The highest BCUT2D eigenvalue weighted by atomic mass is 32.2. The van der Waals surface area contributed by atoms with Crippen molar-refractivity contribution in [1.29, 1.82) is 0 Å². The van der Waals surface area contributed by atoms with E-state index in [1.165, 1.54) is 11.8 Å². The van der Waals surface area contributed by atoms with Crippen LogP contribution in [-0.4, -0.2) is 6.26 Å². The molecule has 0 spiro atoms. The molecule has 0 aliphatic rings. The zero-order valence-corrected chi connectivity index (χ0v) is 5.38. The smallest absolute Gasteiger partial charge is 0.0635 e. The van der Waals surface area contributed by atoms with Crippen LogP contribution < -0.4 is 0 Å². The molecule has 0 aromatic heterocycles. The van der Waals surface area contributed by atoms with Crippen molar-refractivity contribution >= 4 is 11.8 Å². The summed E-state index contributed by atoms with van der Waals surface area (Å²) in [5.74, 6) is 0. The van der Waals surface area contributed by atoms with Gasteiger partial charge in [0.2, 0.25) is 0 Å². The minimum atomic E-state index is 0.0110. The summed E-state index contributed by atoms with van der Waals surface area (Å²) in [6, 6.07) is 3.54. The monoisotopic (exact) mass is 127 g/mol. The summed E-state index contributed by atoms with van der Waals surface area (Å²) in [7, 11) is 0. The molecule has 0 N–H and O–H groups in total. The van der Waals surface area contributed by atoms with E-state index < -0.39 is 0 Å². The van der Waals surface area contributed by atoms with E-state index in [4.69, 9.17) is 4.11 Å². The molecule has 8 heavy (non-hydrogen) atoms. The van der Waals surface area contributed by atoms with Crippen LogP contribution in [0.5, 0.6) is 0 Å². The highest BCUT2D eigenvalue weighted by Crippen LogP contribution is 2.11. The summed E-state index contributed by atoms with van der Waals surface area (Å²) >= 11 is 1.43. The van der Waals surface area contributed by atoms with Crippen molar-refractivity contribution in [3.8, 4) is 0 Å². The molecular weight excluding hydrogens is 116 g/mol. The normalized spacial score (nSPS) is 14.4. The molecule has 0 bridgehead atoms. The molecule has 0 saturated heterocycles. The van der Waals surface area contributed by atoms with Gasteiger partial charge in [-0.15, -0.1) is 11.8 Å². The van der Waals surface area contributed by atoms with E-state index in [2.05, 4.69) is 0 Å². The van der Waals surface area contributed by atoms with Crippen LogP contribution in [0.4, 0.5) is 0 Å². The molecule has 0 amide bonds. The minimum Gasteiger partial charge on any atom is -0.130 e. The lowest BCUT2D eigenvalue weighted by molar-refractivity contribution is 1.47. The summed E-state index contributed by atoms with van der Waals surface area (Å²) in [5.41, 5.74) is 0. The first kappa shape index (κ1) is 2.92. The van der Waals surface area contributed by atoms with Gasteiger partial charge >= 0.3 is 0 Å². The Morgan fingerprint density at radius 3 is 3.25 bits per heavy atom. The van der Waals surface area contributed by atoms with Crippen molar-refractivity contribution in [1.82, 2.24) is 0 Å². The lowest BCUT2D eigenvalue weighted by atomic mass is 10.4. The number of hydrogen-bond acceptors (Lipinski definition) is 1. The van der Waals surface area contributed by atoms with Gasteiger partial charge in [-0.1, -0.05) is 18.2 Å². The van der Waals surface area contributed by atoms with Crippen LogP contribution in [0.1, 0.15) is 4.11 Å². The summed E-state index contributed by atoms with van der Waals surface area (Å²) in [6.07, 6.45) is 1.86. The van der Waals surface area contributed by atoms with Gasteiger partial charge in [0.25, 0.3) is 0 Å². The average Bonchev–Trinajstić information content (AvgIpc) is 2.01. The van der Waals surface area contributed by atoms with Crippen molar-refractivity contribution in [3.63, 3.8) is 0 Å².